The van der Waals surface area contributed by atoms with E-state index in [0.29, 0.717) is 29.9 Å². The van der Waals surface area contributed by atoms with Gasteiger partial charge in [-0.25, -0.2) is 0 Å². The van der Waals surface area contributed by atoms with Gasteiger partial charge in [0, 0.05) is 30.6 Å². The molecule has 2 aromatic heterocycles. The quantitative estimate of drug-likeness (QED) is 0.707. The van der Waals surface area contributed by atoms with Gasteiger partial charge in [-0.2, -0.15) is 11.3 Å². The van der Waals surface area contributed by atoms with Crippen molar-refractivity contribution in [3.05, 3.63) is 58.1 Å². The van der Waals surface area contributed by atoms with E-state index in [9.17, 15) is 4.79 Å². The minimum atomic E-state index is 0.0572. The highest BCUT2D eigenvalue weighted by molar-refractivity contribution is 7.07. The van der Waals surface area contributed by atoms with Crippen molar-refractivity contribution in [2.24, 2.45) is 0 Å². The summed E-state index contributed by atoms with van der Waals surface area (Å²) in [7, 11) is 0. The highest BCUT2D eigenvalue weighted by Crippen LogP contribution is 2.31. The molecular weight excluding hydrogens is 322 g/mol. The molecule has 0 spiro atoms. The number of carbonyl (C=O) groups is 1. The summed E-state index contributed by atoms with van der Waals surface area (Å²) in [4.78, 5) is 15.0. The fourth-order valence-electron chi connectivity index (χ4n) is 2.70. The fourth-order valence-corrected chi connectivity index (χ4v) is 3.36. The lowest BCUT2D eigenvalue weighted by atomic mass is 10.1. The summed E-state index contributed by atoms with van der Waals surface area (Å²) < 4.78 is 5.46. The predicted molar refractivity (Wildman–Crippen MR) is 91.7 cm³/mol. The number of hydrogen-bond donors (Lipinski definition) is 0. The molecule has 6 heteroatoms. The van der Waals surface area contributed by atoms with Crippen molar-refractivity contribution < 1.29 is 9.21 Å². The molecule has 1 aliphatic rings. The minimum absolute atomic E-state index is 0.0572. The summed E-state index contributed by atoms with van der Waals surface area (Å²) in [5.41, 5.74) is 2.61. The second-order valence-electron chi connectivity index (χ2n) is 6.00. The zero-order valence-corrected chi connectivity index (χ0v) is 14.1. The molecule has 0 saturated heterocycles. The average Bonchev–Trinajstić information content (AvgIpc) is 3.13. The second-order valence-corrected chi connectivity index (χ2v) is 6.78. The third-order valence-electron chi connectivity index (χ3n) is 4.06. The van der Waals surface area contributed by atoms with Crippen molar-refractivity contribution in [2.75, 3.05) is 0 Å². The van der Waals surface area contributed by atoms with E-state index >= 15 is 0 Å². The van der Waals surface area contributed by atoms with Gasteiger partial charge in [0.15, 0.2) is 0 Å². The second kappa shape index (κ2) is 6.20. The number of aromatic nitrogens is 2. The Morgan fingerprint density at radius 1 is 1.33 bits per heavy atom. The molecule has 0 radical (unpaired) electrons. The van der Waals surface area contributed by atoms with Crippen LogP contribution in [0.5, 0.6) is 0 Å². The van der Waals surface area contributed by atoms with Crippen LogP contribution in [0.25, 0.3) is 11.5 Å². The fraction of sp³-hybridized carbons (Fsp3) is 0.278. The van der Waals surface area contributed by atoms with Crippen LogP contribution in [0, 0.1) is 6.92 Å². The Morgan fingerprint density at radius 3 is 2.88 bits per heavy atom. The van der Waals surface area contributed by atoms with E-state index in [0.717, 1.165) is 18.4 Å². The van der Waals surface area contributed by atoms with Crippen molar-refractivity contribution in [3.63, 3.8) is 0 Å². The first-order valence-electron chi connectivity index (χ1n) is 7.93. The van der Waals surface area contributed by atoms with Gasteiger partial charge in [-0.15, -0.1) is 10.2 Å². The van der Waals surface area contributed by atoms with Crippen LogP contribution < -0.4 is 0 Å². The van der Waals surface area contributed by atoms with Crippen LogP contribution in [0.15, 0.2) is 45.5 Å². The lowest BCUT2D eigenvalue weighted by Gasteiger charge is -2.22. The van der Waals surface area contributed by atoms with Gasteiger partial charge in [-0.1, -0.05) is 6.07 Å². The van der Waals surface area contributed by atoms with Crippen LogP contribution in [0.3, 0.4) is 0 Å². The molecule has 0 atom stereocenters. The molecule has 24 heavy (non-hydrogen) atoms. The number of benzene rings is 1. The van der Waals surface area contributed by atoms with Gasteiger partial charge in [0.2, 0.25) is 11.8 Å². The largest absolute Gasteiger partial charge is 0.421 e. The molecule has 3 aromatic rings. The maximum absolute atomic E-state index is 13.0. The molecule has 1 aromatic carbocycles. The number of amides is 1. The molecule has 2 heterocycles. The van der Waals surface area contributed by atoms with Gasteiger partial charge < -0.3 is 9.32 Å². The standard InChI is InChI=1S/C18H17N3O2S/c1-12-19-20-17(23-12)14-3-2-4-15(9-14)18(22)21(16-5-6-16)10-13-7-8-24-11-13/h2-4,7-9,11,16H,5-6,10H2,1H3. The van der Waals surface area contributed by atoms with Crippen LogP contribution in [-0.4, -0.2) is 27.0 Å². The molecule has 1 fully saturated rings. The maximum atomic E-state index is 13.0. The SMILES string of the molecule is Cc1nnc(-c2cccc(C(=O)N(Cc3ccsc3)C3CC3)c2)o1. The normalized spacial score (nSPS) is 13.9. The van der Waals surface area contributed by atoms with Crippen LogP contribution in [0.1, 0.15) is 34.7 Å². The number of hydrogen-bond acceptors (Lipinski definition) is 5. The number of nitrogens with zero attached hydrogens (tertiary/aromatic N) is 3. The van der Waals surface area contributed by atoms with Crippen molar-refractivity contribution in [1.29, 1.82) is 0 Å². The Kier molecular flexibility index (Phi) is 3.90. The Bertz CT molecular complexity index is 853. The number of aryl methyl sites for hydroxylation is 1. The van der Waals surface area contributed by atoms with Gasteiger partial charge >= 0.3 is 0 Å². The molecule has 0 N–H and O–H groups in total. The van der Waals surface area contributed by atoms with Crippen molar-refractivity contribution >= 4 is 17.2 Å². The Balaban J connectivity index is 1.60. The summed E-state index contributed by atoms with van der Waals surface area (Å²) in [6.07, 6.45) is 2.16. The number of carbonyl (C=O) groups excluding carboxylic acids is 1. The number of rotatable bonds is 5. The Labute approximate surface area is 143 Å². The van der Waals surface area contributed by atoms with Gasteiger partial charge in [0.1, 0.15) is 0 Å². The van der Waals surface area contributed by atoms with Gasteiger partial charge in [-0.05, 0) is 53.4 Å². The van der Waals surface area contributed by atoms with E-state index in [4.69, 9.17) is 4.42 Å². The smallest absolute Gasteiger partial charge is 0.254 e. The molecule has 4 rings (SSSR count). The van der Waals surface area contributed by atoms with Crippen molar-refractivity contribution in [2.45, 2.75) is 32.4 Å². The first-order chi connectivity index (χ1) is 11.7. The summed E-state index contributed by atoms with van der Waals surface area (Å²) in [6.45, 7) is 2.41. The third kappa shape index (κ3) is 3.10. The lowest BCUT2D eigenvalue weighted by Crippen LogP contribution is -2.32. The first-order valence-corrected chi connectivity index (χ1v) is 8.87. The minimum Gasteiger partial charge on any atom is -0.421 e. The van der Waals surface area contributed by atoms with E-state index in [1.165, 1.54) is 5.56 Å². The third-order valence-corrected chi connectivity index (χ3v) is 4.80. The van der Waals surface area contributed by atoms with Gasteiger partial charge in [0.05, 0.1) is 0 Å². The zero-order chi connectivity index (χ0) is 16.5. The topological polar surface area (TPSA) is 59.2 Å². The van der Waals surface area contributed by atoms with E-state index < -0.39 is 0 Å². The first kappa shape index (κ1) is 15.1. The lowest BCUT2D eigenvalue weighted by molar-refractivity contribution is 0.0730. The van der Waals surface area contributed by atoms with E-state index in [2.05, 4.69) is 21.6 Å². The van der Waals surface area contributed by atoms with E-state index in [1.807, 2.05) is 34.5 Å². The van der Waals surface area contributed by atoms with Crippen molar-refractivity contribution in [3.8, 4) is 11.5 Å². The van der Waals surface area contributed by atoms with E-state index in [-0.39, 0.29) is 5.91 Å². The van der Waals surface area contributed by atoms with Crippen LogP contribution >= 0.6 is 11.3 Å². The molecular formula is C18H17N3O2S. The van der Waals surface area contributed by atoms with Crippen LogP contribution in [0.4, 0.5) is 0 Å². The molecule has 1 saturated carbocycles. The highest BCUT2D eigenvalue weighted by Gasteiger charge is 2.33. The summed E-state index contributed by atoms with van der Waals surface area (Å²) in [6, 6.07) is 9.84. The average molecular weight is 339 g/mol. The molecule has 1 amide bonds. The van der Waals surface area contributed by atoms with Crippen molar-refractivity contribution in [1.82, 2.24) is 15.1 Å². The Hall–Kier alpha value is -2.47. The molecule has 0 bridgehead atoms. The summed E-state index contributed by atoms with van der Waals surface area (Å²) in [5.74, 6) is 1.01. The molecule has 1 aliphatic carbocycles. The Morgan fingerprint density at radius 2 is 2.21 bits per heavy atom. The predicted octanol–water partition coefficient (Wildman–Crippen LogP) is 3.91. The molecule has 0 aliphatic heterocycles. The molecule has 0 unspecified atom stereocenters. The van der Waals surface area contributed by atoms with E-state index in [1.54, 1.807) is 18.3 Å². The molecule has 5 nitrogen and oxygen atoms in total. The zero-order valence-electron chi connectivity index (χ0n) is 13.3. The van der Waals surface area contributed by atoms with Gasteiger partial charge in [0.25, 0.3) is 5.91 Å². The van der Waals surface area contributed by atoms with Gasteiger partial charge in [-0.3, -0.25) is 4.79 Å². The maximum Gasteiger partial charge on any atom is 0.254 e. The molecule has 122 valence electrons. The number of thiophene rings is 1. The highest BCUT2D eigenvalue weighted by atomic mass is 32.1. The summed E-state index contributed by atoms with van der Waals surface area (Å²) >= 11 is 1.66. The van der Waals surface area contributed by atoms with Crippen LogP contribution in [-0.2, 0) is 6.54 Å². The van der Waals surface area contributed by atoms with Crippen LogP contribution in [0.2, 0.25) is 0 Å². The monoisotopic (exact) mass is 339 g/mol. The summed E-state index contributed by atoms with van der Waals surface area (Å²) in [5, 5.41) is 12.0.